The maximum Gasteiger partial charge on any atom is 0.488 e. The van der Waals surface area contributed by atoms with Crippen LogP contribution in [0.3, 0.4) is 0 Å². The molecular formula is C39H49BBrO10PdS2-. The van der Waals surface area contributed by atoms with Crippen molar-refractivity contribution >= 4 is 60.8 Å². The van der Waals surface area contributed by atoms with Crippen LogP contribution in [-0.4, -0.2) is 83.8 Å². The van der Waals surface area contributed by atoms with Crippen LogP contribution in [0.15, 0.2) is 77.3 Å². The van der Waals surface area contributed by atoms with Gasteiger partial charge < -0.3 is 26.9 Å². The number of hydrogen-bond acceptors (Lipinski definition) is 10. The van der Waals surface area contributed by atoms with Crippen LogP contribution in [0.5, 0.6) is 11.5 Å². The SMILES string of the molecule is Cc1cc(OCCCS(C)(=O)=O)cc(C)c1-c1cccc(C=O)c1.Cc1cc(OCCCS(C)(=O)=O)cc(C)c1Br.O=Cc1cccc(B(O)O)c1.[CH3-].[Pd]. The molecule has 0 heterocycles. The van der Waals surface area contributed by atoms with Crippen molar-refractivity contribution in [2.24, 2.45) is 0 Å². The summed E-state index contributed by atoms with van der Waals surface area (Å²) in [6, 6.07) is 21.4. The van der Waals surface area contributed by atoms with Crippen LogP contribution >= 0.6 is 15.9 Å². The molecule has 0 spiro atoms. The summed E-state index contributed by atoms with van der Waals surface area (Å²) in [7, 11) is -7.35. The second-order valence-corrected chi connectivity index (χ2v) is 17.7. The van der Waals surface area contributed by atoms with Gasteiger partial charge in [-0.25, -0.2) is 16.8 Å². The topological polar surface area (TPSA) is 161 Å². The first kappa shape index (κ1) is 50.8. The zero-order chi connectivity index (χ0) is 39.1. The van der Waals surface area contributed by atoms with Crippen LogP contribution in [0.1, 0.15) is 55.8 Å². The molecule has 10 nitrogen and oxygen atoms in total. The van der Waals surface area contributed by atoms with E-state index in [0.717, 1.165) is 55.6 Å². The Morgan fingerprint density at radius 3 is 1.48 bits per heavy atom. The van der Waals surface area contributed by atoms with E-state index in [0.29, 0.717) is 48.9 Å². The van der Waals surface area contributed by atoms with Crippen molar-refractivity contribution in [2.75, 3.05) is 37.2 Å². The van der Waals surface area contributed by atoms with Crippen molar-refractivity contribution in [2.45, 2.75) is 40.5 Å². The first-order valence-corrected chi connectivity index (χ1v) is 21.2. The zero-order valence-electron chi connectivity index (χ0n) is 31.6. The second kappa shape index (κ2) is 24.4. The molecular weight excluding hydrogens is 890 g/mol. The van der Waals surface area contributed by atoms with Crippen molar-refractivity contribution in [1.82, 2.24) is 0 Å². The van der Waals surface area contributed by atoms with E-state index in [2.05, 4.69) is 15.9 Å². The predicted octanol–water partition coefficient (Wildman–Crippen LogP) is 6.10. The molecule has 0 aliphatic rings. The van der Waals surface area contributed by atoms with E-state index in [1.54, 1.807) is 18.2 Å². The van der Waals surface area contributed by atoms with E-state index in [1.807, 2.05) is 70.2 Å². The van der Waals surface area contributed by atoms with E-state index >= 15 is 0 Å². The Labute approximate surface area is 343 Å². The van der Waals surface area contributed by atoms with Crippen molar-refractivity contribution < 1.29 is 66.4 Å². The largest absolute Gasteiger partial charge is 0.494 e. The Morgan fingerprint density at radius 2 is 1.07 bits per heavy atom. The monoisotopic (exact) mass is 937 g/mol. The Hall–Kier alpha value is -3.15. The minimum absolute atomic E-state index is 0. The maximum absolute atomic E-state index is 11.1. The number of carbonyl (C=O) groups excluding carboxylic acids is 2. The van der Waals surface area contributed by atoms with Crippen LogP contribution in [0.2, 0.25) is 0 Å². The Morgan fingerprint density at radius 1 is 0.667 bits per heavy atom. The van der Waals surface area contributed by atoms with E-state index in [4.69, 9.17) is 19.5 Å². The van der Waals surface area contributed by atoms with Gasteiger partial charge in [0, 0.05) is 48.5 Å². The van der Waals surface area contributed by atoms with Crippen LogP contribution in [0.25, 0.3) is 11.1 Å². The van der Waals surface area contributed by atoms with Gasteiger partial charge in [-0.2, -0.15) is 0 Å². The summed E-state index contributed by atoms with van der Waals surface area (Å²) in [5, 5.41) is 17.4. The molecule has 4 aromatic rings. The van der Waals surface area contributed by atoms with Gasteiger partial charge in [-0.15, -0.1) is 0 Å². The fraction of sp³-hybridized carbons (Fsp3) is 0.308. The average molecular weight is 939 g/mol. The number of aryl methyl sites for hydroxylation is 4. The van der Waals surface area contributed by atoms with Gasteiger partial charge in [0.1, 0.15) is 43.7 Å². The van der Waals surface area contributed by atoms with Gasteiger partial charge >= 0.3 is 7.12 Å². The maximum atomic E-state index is 11.1. The molecule has 4 rings (SSSR count). The summed E-state index contributed by atoms with van der Waals surface area (Å²) in [5.41, 5.74) is 7.83. The Kier molecular flexibility index (Phi) is 23.0. The molecule has 0 amide bonds. The minimum atomic E-state index is -2.95. The van der Waals surface area contributed by atoms with Gasteiger partial charge in [0.2, 0.25) is 0 Å². The summed E-state index contributed by atoms with van der Waals surface area (Å²) in [6.45, 7) is 8.79. The molecule has 0 bridgehead atoms. The van der Waals surface area contributed by atoms with Crippen molar-refractivity contribution in [3.63, 3.8) is 0 Å². The zero-order valence-corrected chi connectivity index (χ0v) is 36.3. The Bertz CT molecular complexity index is 1990. The van der Waals surface area contributed by atoms with Crippen molar-refractivity contribution in [1.29, 1.82) is 0 Å². The van der Waals surface area contributed by atoms with Crippen molar-refractivity contribution in [3.05, 3.63) is 118 Å². The van der Waals surface area contributed by atoms with Gasteiger partial charge in [0.25, 0.3) is 0 Å². The number of halogens is 1. The second-order valence-electron chi connectivity index (χ2n) is 12.4. The van der Waals surface area contributed by atoms with Gasteiger partial charge in [0.05, 0.1) is 24.7 Å². The van der Waals surface area contributed by atoms with Crippen LogP contribution in [0, 0.1) is 35.1 Å². The van der Waals surface area contributed by atoms with Crippen LogP contribution in [0.4, 0.5) is 0 Å². The third kappa shape index (κ3) is 18.9. The van der Waals surface area contributed by atoms with E-state index in [9.17, 15) is 26.4 Å². The summed E-state index contributed by atoms with van der Waals surface area (Å²) >= 11 is 3.49. The number of aldehydes is 2. The predicted molar refractivity (Wildman–Crippen MR) is 218 cm³/mol. The van der Waals surface area contributed by atoms with Gasteiger partial charge in [-0.1, -0.05) is 58.4 Å². The van der Waals surface area contributed by atoms with E-state index < -0.39 is 26.8 Å². The molecule has 0 fully saturated rings. The number of rotatable bonds is 14. The smallest absolute Gasteiger partial charge is 0.488 e. The molecule has 0 aliphatic carbocycles. The quantitative estimate of drug-likeness (QED) is 0.0655. The summed E-state index contributed by atoms with van der Waals surface area (Å²) in [6.07, 6.45) is 4.96. The standard InChI is InChI=1S/C19H22O4S.C12H17BrO3S.C7H7BO3.CH3.Pd/c1-14-10-18(23-8-5-9-24(3,21)22)11-15(2)19(14)17-7-4-6-16(12-17)13-20;1-9-7-11(8-10(2)12(9)13)16-5-4-6-17(3,14)15;9-5-6-2-1-3-7(4-6)8(10)11;;/h4,6-7,10-13H,5,8-9H2,1-3H3;7-8H,4-6H2,1-3H3;1-5,10-11H;1H3;/q;;;-1;. The molecule has 2 N–H and O–H groups in total. The molecule has 0 saturated heterocycles. The number of carbonyl (C=O) groups is 2. The van der Waals surface area contributed by atoms with Gasteiger partial charge in [0.15, 0.2) is 0 Å². The number of hydrogen-bond donors (Lipinski definition) is 2. The molecule has 54 heavy (non-hydrogen) atoms. The minimum Gasteiger partial charge on any atom is -0.494 e. The summed E-state index contributed by atoms with van der Waals surface area (Å²) in [4.78, 5) is 21.2. The third-order valence-corrected chi connectivity index (χ3v) is 10.7. The molecule has 4 aromatic carbocycles. The number of benzene rings is 4. The third-order valence-electron chi connectivity index (χ3n) is 7.43. The molecule has 0 atom stereocenters. The number of ether oxygens (including phenoxy) is 2. The fourth-order valence-electron chi connectivity index (χ4n) is 5.03. The Balaban J connectivity index is 0.000000821. The normalized spacial score (nSPS) is 10.5. The molecule has 0 saturated carbocycles. The fourth-order valence-corrected chi connectivity index (χ4v) is 6.55. The first-order chi connectivity index (χ1) is 24.3. The summed E-state index contributed by atoms with van der Waals surface area (Å²) in [5.74, 6) is 1.81. The number of sulfone groups is 2. The first-order valence-electron chi connectivity index (χ1n) is 16.3. The molecule has 15 heteroatoms. The van der Waals surface area contributed by atoms with E-state index in [1.165, 1.54) is 24.6 Å². The molecule has 0 aromatic heterocycles. The molecule has 298 valence electrons. The van der Waals surface area contributed by atoms with Gasteiger partial charge in [-0.05, 0) is 110 Å². The van der Waals surface area contributed by atoms with Crippen molar-refractivity contribution in [3.8, 4) is 22.6 Å². The van der Waals surface area contributed by atoms with E-state index in [-0.39, 0.29) is 39.4 Å². The molecule has 0 radical (unpaired) electrons. The molecule has 0 aliphatic heterocycles. The van der Waals surface area contributed by atoms with Gasteiger partial charge in [-0.3, -0.25) is 9.59 Å². The van der Waals surface area contributed by atoms with Crippen LogP contribution < -0.4 is 14.9 Å². The summed E-state index contributed by atoms with van der Waals surface area (Å²) < 4.78 is 56.4. The average Bonchev–Trinajstić information content (AvgIpc) is 3.07. The van der Waals surface area contributed by atoms with Crippen LogP contribution in [-0.2, 0) is 40.1 Å². The molecule has 0 unspecified atom stereocenters.